The van der Waals surface area contributed by atoms with Crippen LogP contribution in [0, 0.1) is 5.92 Å². The summed E-state index contributed by atoms with van der Waals surface area (Å²) < 4.78 is 5.12. The fourth-order valence-electron chi connectivity index (χ4n) is 2.36. The minimum Gasteiger partial charge on any atom is -0.340 e. The summed E-state index contributed by atoms with van der Waals surface area (Å²) in [4.78, 5) is 30.9. The minimum absolute atomic E-state index is 0.0879. The first kappa shape index (κ1) is 19.9. The second-order valence-corrected chi connectivity index (χ2v) is 6.79. The SMILES string of the molecule is CCc1noc(CN(C)C(=O)C(NC(=O)c2ccc(Cl)cc2)C(C)C)n1. The monoisotopic (exact) mass is 378 g/mol. The van der Waals surface area contributed by atoms with Crippen molar-refractivity contribution in [2.24, 2.45) is 5.92 Å². The third kappa shape index (κ3) is 5.05. The van der Waals surface area contributed by atoms with Crippen molar-refractivity contribution >= 4 is 23.4 Å². The zero-order chi connectivity index (χ0) is 19.3. The van der Waals surface area contributed by atoms with Crippen molar-refractivity contribution in [3.05, 3.63) is 46.6 Å². The van der Waals surface area contributed by atoms with E-state index in [4.69, 9.17) is 16.1 Å². The smallest absolute Gasteiger partial charge is 0.251 e. The molecule has 2 aromatic rings. The molecule has 2 amide bonds. The van der Waals surface area contributed by atoms with Gasteiger partial charge in [0.2, 0.25) is 11.8 Å². The van der Waals surface area contributed by atoms with Crippen molar-refractivity contribution in [2.45, 2.75) is 39.8 Å². The Morgan fingerprint density at radius 3 is 2.46 bits per heavy atom. The van der Waals surface area contributed by atoms with Crippen molar-refractivity contribution < 1.29 is 14.1 Å². The number of nitrogens with one attached hydrogen (secondary N) is 1. The number of carbonyl (C=O) groups is 2. The maximum absolute atomic E-state index is 12.8. The summed E-state index contributed by atoms with van der Waals surface area (Å²) in [6.45, 7) is 5.86. The van der Waals surface area contributed by atoms with E-state index in [1.807, 2.05) is 20.8 Å². The van der Waals surface area contributed by atoms with Crippen molar-refractivity contribution in [1.82, 2.24) is 20.4 Å². The number of amides is 2. The molecule has 8 heteroatoms. The van der Waals surface area contributed by atoms with Crippen molar-refractivity contribution in [2.75, 3.05) is 7.05 Å². The van der Waals surface area contributed by atoms with E-state index in [-0.39, 0.29) is 24.3 Å². The number of aromatic nitrogens is 2. The van der Waals surface area contributed by atoms with Crippen LogP contribution in [-0.4, -0.2) is 39.9 Å². The Hall–Kier alpha value is -2.41. The van der Waals surface area contributed by atoms with E-state index in [2.05, 4.69) is 15.5 Å². The summed E-state index contributed by atoms with van der Waals surface area (Å²) in [5.41, 5.74) is 0.444. The second-order valence-electron chi connectivity index (χ2n) is 6.35. The van der Waals surface area contributed by atoms with E-state index in [1.165, 1.54) is 4.90 Å². The number of hydrogen-bond donors (Lipinski definition) is 1. The van der Waals surface area contributed by atoms with Gasteiger partial charge in [-0.3, -0.25) is 9.59 Å². The number of nitrogens with zero attached hydrogens (tertiary/aromatic N) is 3. The topological polar surface area (TPSA) is 88.3 Å². The molecular formula is C18H23ClN4O3. The summed E-state index contributed by atoms with van der Waals surface area (Å²) in [5, 5.41) is 7.16. The summed E-state index contributed by atoms with van der Waals surface area (Å²) in [7, 11) is 1.64. The molecule has 1 unspecified atom stereocenters. The molecule has 0 fully saturated rings. The molecule has 1 aromatic carbocycles. The van der Waals surface area contributed by atoms with Crippen LogP contribution in [0.3, 0.4) is 0 Å². The quantitative estimate of drug-likeness (QED) is 0.800. The second kappa shape index (κ2) is 8.80. The highest BCUT2D eigenvalue weighted by Gasteiger charge is 2.28. The molecule has 1 N–H and O–H groups in total. The van der Waals surface area contributed by atoms with Gasteiger partial charge in [0.25, 0.3) is 5.91 Å². The van der Waals surface area contributed by atoms with Crippen LogP contribution in [0.2, 0.25) is 5.02 Å². The van der Waals surface area contributed by atoms with E-state index in [0.29, 0.717) is 28.7 Å². The first-order chi connectivity index (χ1) is 12.3. The van der Waals surface area contributed by atoms with Gasteiger partial charge < -0.3 is 14.7 Å². The lowest BCUT2D eigenvalue weighted by Gasteiger charge is -2.26. The number of halogens is 1. The number of rotatable bonds is 7. The molecule has 0 spiro atoms. The Labute approximate surface area is 157 Å². The number of hydrogen-bond acceptors (Lipinski definition) is 5. The van der Waals surface area contributed by atoms with Gasteiger partial charge in [0.1, 0.15) is 6.04 Å². The number of likely N-dealkylation sites (N-methyl/N-ethyl adjacent to an activating group) is 1. The first-order valence-electron chi connectivity index (χ1n) is 8.44. The zero-order valence-electron chi connectivity index (χ0n) is 15.3. The molecule has 0 saturated carbocycles. The molecule has 0 bridgehead atoms. The van der Waals surface area contributed by atoms with Crippen LogP contribution in [-0.2, 0) is 17.8 Å². The Morgan fingerprint density at radius 2 is 1.92 bits per heavy atom. The molecule has 7 nitrogen and oxygen atoms in total. The van der Waals surface area contributed by atoms with E-state index >= 15 is 0 Å². The average Bonchev–Trinajstić information content (AvgIpc) is 3.06. The first-order valence-corrected chi connectivity index (χ1v) is 8.82. The third-order valence-corrected chi connectivity index (χ3v) is 4.15. The van der Waals surface area contributed by atoms with Crippen LogP contribution in [0.4, 0.5) is 0 Å². The molecule has 1 atom stereocenters. The number of benzene rings is 1. The Bertz CT molecular complexity index is 758. The Morgan fingerprint density at radius 1 is 1.27 bits per heavy atom. The van der Waals surface area contributed by atoms with Crippen molar-refractivity contribution in [3.8, 4) is 0 Å². The van der Waals surface area contributed by atoms with Crippen LogP contribution >= 0.6 is 11.6 Å². The molecule has 2 rings (SSSR count). The highest BCUT2D eigenvalue weighted by Crippen LogP contribution is 2.12. The van der Waals surface area contributed by atoms with Crippen LogP contribution in [0.25, 0.3) is 0 Å². The van der Waals surface area contributed by atoms with Gasteiger partial charge >= 0.3 is 0 Å². The summed E-state index contributed by atoms with van der Waals surface area (Å²) >= 11 is 5.84. The standard InChI is InChI=1S/C18H23ClN4O3/c1-5-14-20-15(26-22-14)10-23(4)18(25)16(11(2)3)21-17(24)12-6-8-13(19)9-7-12/h6-9,11,16H,5,10H2,1-4H3,(H,21,24). The van der Waals surface area contributed by atoms with E-state index < -0.39 is 6.04 Å². The van der Waals surface area contributed by atoms with Gasteiger partial charge in [-0.15, -0.1) is 0 Å². The molecule has 0 aliphatic rings. The molecule has 0 aliphatic heterocycles. The molecular weight excluding hydrogens is 356 g/mol. The molecule has 0 saturated heterocycles. The van der Waals surface area contributed by atoms with Crippen molar-refractivity contribution in [3.63, 3.8) is 0 Å². The lowest BCUT2D eigenvalue weighted by atomic mass is 10.0. The number of aryl methyl sites for hydroxylation is 1. The molecule has 26 heavy (non-hydrogen) atoms. The molecule has 0 aliphatic carbocycles. The Kier molecular flexibility index (Phi) is 6.74. The maximum atomic E-state index is 12.8. The lowest BCUT2D eigenvalue weighted by Crippen LogP contribution is -2.50. The molecule has 1 heterocycles. The predicted octanol–water partition coefficient (Wildman–Crippen LogP) is 2.70. The van der Waals surface area contributed by atoms with E-state index in [9.17, 15) is 9.59 Å². The van der Waals surface area contributed by atoms with Crippen molar-refractivity contribution in [1.29, 1.82) is 0 Å². The lowest BCUT2D eigenvalue weighted by molar-refractivity contribution is -0.133. The average molecular weight is 379 g/mol. The van der Waals surface area contributed by atoms with E-state index in [0.717, 1.165) is 0 Å². The summed E-state index contributed by atoms with van der Waals surface area (Å²) in [6, 6.07) is 5.84. The normalized spacial score (nSPS) is 12.1. The Balaban J connectivity index is 2.05. The summed E-state index contributed by atoms with van der Waals surface area (Å²) in [6.07, 6.45) is 0.660. The largest absolute Gasteiger partial charge is 0.340 e. The minimum atomic E-state index is -0.670. The fourth-order valence-corrected chi connectivity index (χ4v) is 2.48. The molecule has 0 radical (unpaired) electrons. The van der Waals surface area contributed by atoms with Gasteiger partial charge in [0.15, 0.2) is 5.82 Å². The van der Waals surface area contributed by atoms with Crippen LogP contribution in [0.15, 0.2) is 28.8 Å². The van der Waals surface area contributed by atoms with Crippen LogP contribution < -0.4 is 5.32 Å². The predicted molar refractivity (Wildman–Crippen MR) is 97.7 cm³/mol. The zero-order valence-corrected chi connectivity index (χ0v) is 16.1. The van der Waals surface area contributed by atoms with Gasteiger partial charge in [-0.25, -0.2) is 0 Å². The third-order valence-electron chi connectivity index (χ3n) is 3.90. The maximum Gasteiger partial charge on any atom is 0.251 e. The molecule has 140 valence electrons. The van der Waals surface area contributed by atoms with Crippen LogP contribution in [0.5, 0.6) is 0 Å². The highest BCUT2D eigenvalue weighted by molar-refractivity contribution is 6.30. The van der Waals surface area contributed by atoms with Gasteiger partial charge in [-0.1, -0.05) is 37.5 Å². The van der Waals surface area contributed by atoms with Gasteiger partial charge in [-0.05, 0) is 30.2 Å². The number of carbonyl (C=O) groups excluding carboxylic acids is 2. The van der Waals surface area contributed by atoms with Crippen LogP contribution in [0.1, 0.15) is 42.8 Å². The van der Waals surface area contributed by atoms with Gasteiger partial charge in [0, 0.05) is 24.1 Å². The van der Waals surface area contributed by atoms with Gasteiger partial charge in [-0.2, -0.15) is 4.98 Å². The van der Waals surface area contributed by atoms with Gasteiger partial charge in [0.05, 0.1) is 6.54 Å². The van der Waals surface area contributed by atoms with E-state index in [1.54, 1.807) is 31.3 Å². The fraction of sp³-hybridized carbons (Fsp3) is 0.444. The molecule has 1 aromatic heterocycles. The summed E-state index contributed by atoms with van der Waals surface area (Å²) in [5.74, 6) is 0.323. The highest BCUT2D eigenvalue weighted by atomic mass is 35.5.